The molecule has 0 aliphatic carbocycles. The van der Waals surface area contributed by atoms with Gasteiger partial charge in [-0.2, -0.15) is 13.2 Å². The fourth-order valence-corrected chi connectivity index (χ4v) is 3.74. The average Bonchev–Trinajstić information content (AvgIpc) is 2.79. The van der Waals surface area contributed by atoms with Crippen LogP contribution in [0.1, 0.15) is 22.3 Å². The molecule has 4 rings (SSSR count). The van der Waals surface area contributed by atoms with Gasteiger partial charge in [0.1, 0.15) is 6.04 Å². The van der Waals surface area contributed by atoms with E-state index in [1.54, 1.807) is 24.3 Å². The number of alkyl halides is 3. The van der Waals surface area contributed by atoms with Crippen LogP contribution in [0.15, 0.2) is 72.8 Å². The smallest absolute Gasteiger partial charge is 0.326 e. The van der Waals surface area contributed by atoms with Crippen LogP contribution >= 0.6 is 11.6 Å². The van der Waals surface area contributed by atoms with Crippen LogP contribution in [0.2, 0.25) is 5.02 Å². The van der Waals surface area contributed by atoms with Gasteiger partial charge in [-0.15, -0.1) is 0 Å². The van der Waals surface area contributed by atoms with E-state index in [1.807, 2.05) is 0 Å². The van der Waals surface area contributed by atoms with Crippen molar-refractivity contribution in [2.24, 2.45) is 0 Å². The Balaban J connectivity index is 1.62. The summed E-state index contributed by atoms with van der Waals surface area (Å²) in [5, 5.41) is 5.47. The van der Waals surface area contributed by atoms with Gasteiger partial charge in [0.15, 0.2) is 0 Å². The van der Waals surface area contributed by atoms with E-state index in [4.69, 9.17) is 11.6 Å². The molecule has 2 N–H and O–H groups in total. The SMILES string of the molecule is O=C(C[C@@H]1C(=O)Nc2ccccc2N1C(=O)c1ccc(Cl)cc1)Nc1cccc(C(F)(F)F)c1. The first-order chi connectivity index (χ1) is 16.1. The van der Waals surface area contributed by atoms with Crippen LogP contribution in [-0.4, -0.2) is 23.8 Å². The zero-order chi connectivity index (χ0) is 24.5. The number of halogens is 4. The highest BCUT2D eigenvalue weighted by Crippen LogP contribution is 2.35. The van der Waals surface area contributed by atoms with Crippen LogP contribution in [0, 0.1) is 0 Å². The van der Waals surface area contributed by atoms with Gasteiger partial charge in [-0.3, -0.25) is 19.3 Å². The van der Waals surface area contributed by atoms with Crippen LogP contribution < -0.4 is 15.5 Å². The Kier molecular flexibility index (Phi) is 6.30. The molecule has 0 fully saturated rings. The van der Waals surface area contributed by atoms with E-state index in [9.17, 15) is 27.6 Å². The molecule has 0 unspecified atom stereocenters. The molecule has 1 aliphatic heterocycles. The maximum atomic E-state index is 13.4. The molecule has 34 heavy (non-hydrogen) atoms. The number of rotatable bonds is 4. The van der Waals surface area contributed by atoms with Crippen molar-refractivity contribution in [3.8, 4) is 0 Å². The highest BCUT2D eigenvalue weighted by molar-refractivity contribution is 6.30. The summed E-state index contributed by atoms with van der Waals surface area (Å²) in [5.41, 5.74) is 0.0293. The van der Waals surface area contributed by atoms with Crippen molar-refractivity contribution in [3.63, 3.8) is 0 Å². The van der Waals surface area contributed by atoms with E-state index in [1.165, 1.54) is 41.3 Å². The maximum absolute atomic E-state index is 13.4. The van der Waals surface area contributed by atoms with Crippen molar-refractivity contribution < 1.29 is 27.6 Å². The first-order valence-electron chi connectivity index (χ1n) is 10.1. The number of hydrogen-bond acceptors (Lipinski definition) is 3. The Labute approximate surface area is 197 Å². The second-order valence-corrected chi connectivity index (χ2v) is 7.97. The molecule has 0 aromatic heterocycles. The molecule has 0 bridgehead atoms. The van der Waals surface area contributed by atoms with Crippen molar-refractivity contribution >= 4 is 46.4 Å². The summed E-state index contributed by atoms with van der Waals surface area (Å²) in [6.45, 7) is 0. The van der Waals surface area contributed by atoms with E-state index < -0.39 is 41.9 Å². The van der Waals surface area contributed by atoms with Crippen molar-refractivity contribution in [1.29, 1.82) is 0 Å². The van der Waals surface area contributed by atoms with Gasteiger partial charge in [-0.05, 0) is 54.6 Å². The number of hydrogen-bond donors (Lipinski definition) is 2. The molecule has 6 nitrogen and oxygen atoms in total. The molecule has 0 saturated heterocycles. The molecule has 3 amide bonds. The number of nitrogens with zero attached hydrogens (tertiary/aromatic N) is 1. The van der Waals surface area contributed by atoms with Crippen LogP contribution in [0.4, 0.5) is 30.2 Å². The molecule has 3 aromatic rings. The maximum Gasteiger partial charge on any atom is 0.416 e. The quantitative estimate of drug-likeness (QED) is 0.520. The predicted octanol–water partition coefficient (Wildman–Crippen LogP) is 5.36. The van der Waals surface area contributed by atoms with Crippen molar-refractivity contribution in [1.82, 2.24) is 0 Å². The third-order valence-electron chi connectivity index (χ3n) is 5.20. The second kappa shape index (κ2) is 9.18. The molecule has 1 heterocycles. The molecular formula is C24H17ClF3N3O3. The summed E-state index contributed by atoms with van der Waals surface area (Å²) in [5.74, 6) is -1.86. The first-order valence-corrected chi connectivity index (χ1v) is 10.5. The molecule has 1 aliphatic rings. The number of para-hydroxylation sites is 2. The van der Waals surface area contributed by atoms with Crippen LogP contribution in [0.25, 0.3) is 0 Å². The van der Waals surface area contributed by atoms with Gasteiger partial charge < -0.3 is 10.6 Å². The van der Waals surface area contributed by atoms with E-state index in [0.717, 1.165) is 12.1 Å². The predicted molar refractivity (Wildman–Crippen MR) is 122 cm³/mol. The molecule has 174 valence electrons. The Bertz CT molecular complexity index is 1260. The summed E-state index contributed by atoms with van der Waals surface area (Å²) in [6, 6.07) is 15.6. The second-order valence-electron chi connectivity index (χ2n) is 7.54. The fraction of sp³-hybridized carbons (Fsp3) is 0.125. The molecule has 0 radical (unpaired) electrons. The Morgan fingerprint density at radius 2 is 1.71 bits per heavy atom. The molecule has 1 atom stereocenters. The third-order valence-corrected chi connectivity index (χ3v) is 5.45. The summed E-state index contributed by atoms with van der Waals surface area (Å²) in [4.78, 5) is 40.2. The van der Waals surface area contributed by atoms with Crippen molar-refractivity contribution in [2.75, 3.05) is 15.5 Å². The molecule has 0 saturated carbocycles. The highest BCUT2D eigenvalue weighted by atomic mass is 35.5. The lowest BCUT2D eigenvalue weighted by Crippen LogP contribution is -2.52. The lowest BCUT2D eigenvalue weighted by molar-refractivity contribution is -0.137. The van der Waals surface area contributed by atoms with E-state index >= 15 is 0 Å². The summed E-state index contributed by atoms with van der Waals surface area (Å²) < 4.78 is 38.9. The summed E-state index contributed by atoms with van der Waals surface area (Å²) >= 11 is 5.91. The highest BCUT2D eigenvalue weighted by Gasteiger charge is 2.38. The number of fused-ring (bicyclic) bond motifs is 1. The molecule has 10 heteroatoms. The Morgan fingerprint density at radius 1 is 1.00 bits per heavy atom. The molecule has 0 spiro atoms. The zero-order valence-electron chi connectivity index (χ0n) is 17.4. The Morgan fingerprint density at radius 3 is 2.41 bits per heavy atom. The van der Waals surface area contributed by atoms with Gasteiger partial charge in [0, 0.05) is 16.3 Å². The lowest BCUT2D eigenvalue weighted by Gasteiger charge is -2.36. The number of nitrogens with one attached hydrogen (secondary N) is 2. The van der Waals surface area contributed by atoms with E-state index in [2.05, 4.69) is 10.6 Å². The van der Waals surface area contributed by atoms with Gasteiger partial charge in [-0.25, -0.2) is 0 Å². The van der Waals surface area contributed by atoms with Crippen molar-refractivity contribution in [2.45, 2.75) is 18.6 Å². The van der Waals surface area contributed by atoms with E-state index in [0.29, 0.717) is 16.4 Å². The minimum Gasteiger partial charge on any atom is -0.326 e. The average molecular weight is 488 g/mol. The largest absolute Gasteiger partial charge is 0.416 e. The Hall–Kier alpha value is -3.85. The molecular weight excluding hydrogens is 471 g/mol. The fourth-order valence-electron chi connectivity index (χ4n) is 3.62. The van der Waals surface area contributed by atoms with Crippen LogP contribution in [0.5, 0.6) is 0 Å². The third kappa shape index (κ3) is 4.89. The summed E-state index contributed by atoms with van der Waals surface area (Å²) in [6.07, 6.45) is -5.05. The van der Waals surface area contributed by atoms with Gasteiger partial charge in [-0.1, -0.05) is 29.8 Å². The number of benzene rings is 3. The lowest BCUT2D eigenvalue weighted by atomic mass is 10.0. The minimum atomic E-state index is -4.57. The van der Waals surface area contributed by atoms with E-state index in [-0.39, 0.29) is 11.3 Å². The van der Waals surface area contributed by atoms with Gasteiger partial charge in [0.25, 0.3) is 5.91 Å². The summed E-state index contributed by atoms with van der Waals surface area (Å²) in [7, 11) is 0. The van der Waals surface area contributed by atoms with Gasteiger partial charge in [0.05, 0.1) is 23.4 Å². The number of amides is 3. The monoisotopic (exact) mass is 487 g/mol. The van der Waals surface area contributed by atoms with Gasteiger partial charge in [0.2, 0.25) is 11.8 Å². The number of carbonyl (C=O) groups is 3. The zero-order valence-corrected chi connectivity index (χ0v) is 18.2. The van der Waals surface area contributed by atoms with Crippen molar-refractivity contribution in [3.05, 3.63) is 88.9 Å². The topological polar surface area (TPSA) is 78.5 Å². The van der Waals surface area contributed by atoms with Gasteiger partial charge >= 0.3 is 6.18 Å². The number of carbonyl (C=O) groups excluding carboxylic acids is 3. The van der Waals surface area contributed by atoms with Crippen LogP contribution in [-0.2, 0) is 15.8 Å². The minimum absolute atomic E-state index is 0.0768. The number of anilines is 3. The van der Waals surface area contributed by atoms with Crippen LogP contribution in [0.3, 0.4) is 0 Å². The normalized spacial score (nSPS) is 15.4. The first kappa shape index (κ1) is 23.3. The standard InChI is InChI=1S/C24H17ClF3N3O3/c25-16-10-8-14(9-11-16)23(34)31-19-7-2-1-6-18(19)30-22(33)20(31)13-21(32)29-17-5-3-4-15(12-17)24(26,27)28/h1-12,20H,13H2,(H,29,32)(H,30,33)/t20-/m1/s1. The molecule has 3 aromatic carbocycles.